The molecule has 0 spiro atoms. The molecule has 0 saturated heterocycles. The number of amides is 1. The van der Waals surface area contributed by atoms with Gasteiger partial charge in [0.1, 0.15) is 17.6 Å². The zero-order chi connectivity index (χ0) is 24.3. The van der Waals surface area contributed by atoms with E-state index < -0.39 is 23.9 Å². The van der Waals surface area contributed by atoms with Crippen LogP contribution in [0.2, 0.25) is 0 Å². The van der Waals surface area contributed by atoms with Crippen molar-refractivity contribution in [1.29, 1.82) is 5.26 Å². The molecule has 4 rings (SSSR count). The van der Waals surface area contributed by atoms with Crippen molar-refractivity contribution in [2.45, 2.75) is 19.2 Å². The molecule has 1 atom stereocenters. The number of halogens is 3. The van der Waals surface area contributed by atoms with Gasteiger partial charge in [0.15, 0.2) is 0 Å². The molecule has 0 bridgehead atoms. The number of H-pyrrole nitrogens is 1. The second-order valence-corrected chi connectivity index (χ2v) is 7.87. The highest BCUT2D eigenvalue weighted by molar-refractivity contribution is 5.94. The van der Waals surface area contributed by atoms with Crippen molar-refractivity contribution in [1.82, 2.24) is 15.6 Å². The Labute approximate surface area is 193 Å². The number of nitrogens with one attached hydrogen (secondary N) is 3. The van der Waals surface area contributed by atoms with Crippen LogP contribution in [0.1, 0.15) is 12.5 Å². The van der Waals surface area contributed by atoms with Gasteiger partial charge in [0.05, 0.1) is 23.7 Å². The number of benzene rings is 2. The fourth-order valence-corrected chi connectivity index (χ4v) is 3.62. The number of ether oxygens (including phenoxy) is 1. The van der Waals surface area contributed by atoms with Gasteiger partial charge in [0.25, 0.3) is 0 Å². The lowest BCUT2D eigenvalue weighted by molar-refractivity contribution is -0.118. The van der Waals surface area contributed by atoms with E-state index in [0.717, 1.165) is 28.1 Å². The summed E-state index contributed by atoms with van der Waals surface area (Å²) < 4.78 is 44.2. The fourth-order valence-electron chi connectivity index (χ4n) is 3.62. The molecule has 3 aromatic rings. The van der Waals surface area contributed by atoms with Gasteiger partial charge < -0.3 is 20.4 Å². The summed E-state index contributed by atoms with van der Waals surface area (Å²) in [6.07, 6.45) is -1.08. The first-order valence-electron chi connectivity index (χ1n) is 10.5. The summed E-state index contributed by atoms with van der Waals surface area (Å²) in [6.45, 7) is 1.73. The molecule has 1 aliphatic rings. The first kappa shape index (κ1) is 23.0. The van der Waals surface area contributed by atoms with Gasteiger partial charge in [0, 0.05) is 23.7 Å². The van der Waals surface area contributed by atoms with Crippen LogP contribution < -0.4 is 15.4 Å². The van der Waals surface area contributed by atoms with Gasteiger partial charge in [0.2, 0.25) is 5.91 Å². The number of nitrogens with zero attached hydrogens (tertiary/aromatic N) is 1. The maximum absolute atomic E-state index is 12.7. The van der Waals surface area contributed by atoms with E-state index in [1.54, 1.807) is 25.3 Å². The Morgan fingerprint density at radius 3 is 2.74 bits per heavy atom. The Bertz CT molecular complexity index is 1330. The van der Waals surface area contributed by atoms with E-state index in [2.05, 4.69) is 21.7 Å². The van der Waals surface area contributed by atoms with Crippen LogP contribution in [0.5, 0.6) is 5.75 Å². The summed E-state index contributed by atoms with van der Waals surface area (Å²) in [5.74, 6) is 0.116. The van der Waals surface area contributed by atoms with Crippen LogP contribution in [-0.2, 0) is 4.79 Å². The van der Waals surface area contributed by atoms with E-state index in [0.29, 0.717) is 11.3 Å². The lowest BCUT2D eigenvalue weighted by atomic mass is 10.0. The highest BCUT2D eigenvalue weighted by Gasteiger charge is 2.34. The van der Waals surface area contributed by atoms with Crippen molar-refractivity contribution < 1.29 is 22.7 Å². The van der Waals surface area contributed by atoms with Crippen LogP contribution in [0.25, 0.3) is 22.0 Å². The molecule has 0 fully saturated rings. The molecule has 174 valence electrons. The van der Waals surface area contributed by atoms with E-state index in [-0.39, 0.29) is 18.7 Å². The Morgan fingerprint density at radius 2 is 2.03 bits per heavy atom. The van der Waals surface area contributed by atoms with Crippen LogP contribution in [0, 0.1) is 11.3 Å². The Morgan fingerprint density at radius 1 is 1.21 bits per heavy atom. The molecule has 3 N–H and O–H groups in total. The quantitative estimate of drug-likeness (QED) is 0.497. The van der Waals surface area contributed by atoms with Crippen molar-refractivity contribution in [3.8, 4) is 22.9 Å². The highest BCUT2D eigenvalue weighted by atomic mass is 19.4. The van der Waals surface area contributed by atoms with E-state index in [1.807, 2.05) is 30.3 Å². The number of dihydropyridines is 1. The average Bonchev–Trinajstić information content (AvgIpc) is 3.31. The molecule has 2 aromatic carbocycles. The maximum Gasteiger partial charge on any atom is 0.430 e. The minimum atomic E-state index is -4.48. The first-order valence-corrected chi connectivity index (χ1v) is 10.5. The maximum atomic E-state index is 12.7. The number of fused-ring (bicyclic) bond motifs is 1. The summed E-state index contributed by atoms with van der Waals surface area (Å²) >= 11 is 0. The summed E-state index contributed by atoms with van der Waals surface area (Å²) in [5, 5.41) is 15.0. The summed E-state index contributed by atoms with van der Waals surface area (Å²) in [7, 11) is 0. The first-order chi connectivity index (χ1) is 16.2. The summed E-state index contributed by atoms with van der Waals surface area (Å²) in [5.41, 5.74) is 2.41. The minimum Gasteiger partial charge on any atom is -0.487 e. The van der Waals surface area contributed by atoms with Gasteiger partial charge in [-0.05, 0) is 60.5 Å². The third kappa shape index (κ3) is 5.07. The summed E-state index contributed by atoms with van der Waals surface area (Å²) in [4.78, 5) is 15.5. The molecule has 9 heteroatoms. The van der Waals surface area contributed by atoms with Gasteiger partial charge in [-0.1, -0.05) is 12.1 Å². The largest absolute Gasteiger partial charge is 0.487 e. The SMILES string of the molecule is CC(CNC(=O)C1=CC=C(C(F)(F)F)NC1)Oc1cc(-c2cccc(C#N)c2)cc2cc[nH]c12. The lowest BCUT2D eigenvalue weighted by Crippen LogP contribution is -2.38. The standard InChI is InChI=1S/C25H21F3N4O2/c1-15(13-32-24(33)19-5-6-22(31-14-19)25(26,27)28)34-21-11-20(10-18-7-8-30-23(18)21)17-4-2-3-16(9-17)12-29/h2-11,15,30-31H,13-14H2,1H3,(H,32,33). The second kappa shape index (κ2) is 9.35. The highest BCUT2D eigenvalue weighted by Crippen LogP contribution is 2.33. The van der Waals surface area contributed by atoms with Gasteiger partial charge >= 0.3 is 6.18 Å². The molecule has 1 amide bonds. The number of alkyl halides is 3. The molecule has 0 saturated carbocycles. The van der Waals surface area contributed by atoms with Crippen LogP contribution >= 0.6 is 0 Å². The van der Waals surface area contributed by atoms with Gasteiger partial charge in [-0.2, -0.15) is 18.4 Å². The zero-order valence-corrected chi connectivity index (χ0v) is 18.2. The molecule has 0 aliphatic carbocycles. The number of rotatable bonds is 6. The molecule has 1 unspecified atom stereocenters. The fraction of sp³-hybridized carbons (Fsp3) is 0.200. The van der Waals surface area contributed by atoms with Crippen LogP contribution in [0.4, 0.5) is 13.2 Å². The van der Waals surface area contributed by atoms with E-state index in [1.165, 1.54) is 6.08 Å². The molecular formula is C25H21F3N4O2. The Kier molecular flexibility index (Phi) is 6.32. The zero-order valence-electron chi connectivity index (χ0n) is 18.2. The number of aromatic nitrogens is 1. The smallest absolute Gasteiger partial charge is 0.430 e. The van der Waals surface area contributed by atoms with Crippen molar-refractivity contribution >= 4 is 16.8 Å². The topological polar surface area (TPSA) is 89.9 Å². The van der Waals surface area contributed by atoms with E-state index in [9.17, 15) is 23.2 Å². The molecule has 1 aliphatic heterocycles. The number of hydrogen-bond donors (Lipinski definition) is 3. The number of carbonyl (C=O) groups excluding carboxylic acids is 1. The van der Waals surface area contributed by atoms with E-state index >= 15 is 0 Å². The Balaban J connectivity index is 1.46. The van der Waals surface area contributed by atoms with Gasteiger partial charge in [-0.15, -0.1) is 0 Å². The average molecular weight is 466 g/mol. The van der Waals surface area contributed by atoms with Gasteiger partial charge in [-0.25, -0.2) is 0 Å². The molecule has 0 radical (unpaired) electrons. The van der Waals surface area contributed by atoms with Crippen LogP contribution in [0.15, 0.2) is 72.1 Å². The molecule has 2 heterocycles. The van der Waals surface area contributed by atoms with Gasteiger partial charge in [-0.3, -0.25) is 4.79 Å². The third-order valence-electron chi connectivity index (χ3n) is 5.34. The molecule has 34 heavy (non-hydrogen) atoms. The minimum absolute atomic E-state index is 0.155. The Hall–Kier alpha value is -4.19. The number of nitriles is 1. The molecule has 1 aromatic heterocycles. The van der Waals surface area contributed by atoms with E-state index in [4.69, 9.17) is 4.74 Å². The van der Waals surface area contributed by atoms with Crippen molar-refractivity contribution in [3.63, 3.8) is 0 Å². The monoisotopic (exact) mass is 466 g/mol. The van der Waals surface area contributed by atoms with Crippen molar-refractivity contribution in [2.24, 2.45) is 0 Å². The van der Waals surface area contributed by atoms with Crippen LogP contribution in [0.3, 0.4) is 0 Å². The van der Waals surface area contributed by atoms with Crippen LogP contribution in [-0.4, -0.2) is 36.3 Å². The number of allylic oxidation sites excluding steroid dienone is 3. The predicted octanol–water partition coefficient (Wildman–Crippen LogP) is 4.57. The lowest BCUT2D eigenvalue weighted by Gasteiger charge is -2.20. The normalized spacial score (nSPS) is 14.4. The predicted molar refractivity (Wildman–Crippen MR) is 122 cm³/mol. The molecular weight excluding hydrogens is 445 g/mol. The second-order valence-electron chi connectivity index (χ2n) is 7.87. The number of aromatic amines is 1. The van der Waals surface area contributed by atoms with Crippen molar-refractivity contribution in [3.05, 3.63) is 77.6 Å². The number of hydrogen-bond acceptors (Lipinski definition) is 4. The third-order valence-corrected chi connectivity index (χ3v) is 5.34. The summed E-state index contributed by atoms with van der Waals surface area (Å²) in [6, 6.07) is 15.2. The van der Waals surface area contributed by atoms with Crippen molar-refractivity contribution in [2.75, 3.05) is 13.1 Å². The number of carbonyl (C=O) groups is 1. The molecule has 6 nitrogen and oxygen atoms in total.